The van der Waals surface area contributed by atoms with E-state index in [0.717, 1.165) is 12.5 Å². The molecule has 0 aromatic heterocycles. The van der Waals surface area contributed by atoms with Crippen molar-refractivity contribution >= 4 is 9.76 Å². The van der Waals surface area contributed by atoms with Gasteiger partial charge in [-0.15, -0.1) is 0 Å². The van der Waals surface area contributed by atoms with Gasteiger partial charge in [0, 0.05) is 6.61 Å². The molecule has 0 fully saturated rings. The van der Waals surface area contributed by atoms with Gasteiger partial charge in [0.1, 0.15) is 0 Å². The van der Waals surface area contributed by atoms with E-state index in [-0.39, 0.29) is 9.76 Å². The molecule has 0 saturated carbocycles. The van der Waals surface area contributed by atoms with E-state index in [4.69, 9.17) is 4.43 Å². The van der Waals surface area contributed by atoms with Crippen molar-refractivity contribution in [2.24, 2.45) is 5.92 Å². The Kier molecular flexibility index (Phi) is 6.42. The molecule has 0 amide bonds. The van der Waals surface area contributed by atoms with Gasteiger partial charge in [-0.1, -0.05) is 20.8 Å². The maximum Gasteiger partial charge on any atom is 0.161 e. The van der Waals surface area contributed by atoms with Crippen LogP contribution in [-0.2, 0) is 4.43 Å². The molecular weight excluding hydrogens is 128 g/mol. The third-order valence-corrected chi connectivity index (χ3v) is 2.17. The molecule has 0 aliphatic heterocycles. The fraction of sp³-hybridized carbons (Fsp3) is 1.00. The van der Waals surface area contributed by atoms with Crippen LogP contribution in [0.3, 0.4) is 0 Å². The molecule has 0 rings (SSSR count). The number of hydrogen-bond acceptors (Lipinski definition) is 1. The second-order valence-corrected chi connectivity index (χ2v) is 4.61. The van der Waals surface area contributed by atoms with Crippen LogP contribution in [0.4, 0.5) is 0 Å². The quantitative estimate of drug-likeness (QED) is 0.422. The SMILES string of the molecule is CC[SiH2]OCCC(C)C. The number of hydrogen-bond donors (Lipinski definition) is 0. The van der Waals surface area contributed by atoms with E-state index >= 15 is 0 Å². The Morgan fingerprint density at radius 1 is 1.44 bits per heavy atom. The van der Waals surface area contributed by atoms with Crippen LogP contribution in [0.2, 0.25) is 6.04 Å². The molecule has 0 unspecified atom stereocenters. The van der Waals surface area contributed by atoms with E-state index in [0.29, 0.717) is 0 Å². The molecule has 0 aromatic rings. The summed E-state index contributed by atoms with van der Waals surface area (Å²) in [6.07, 6.45) is 1.23. The molecule has 56 valence electrons. The molecular formula is C7H18OSi. The largest absolute Gasteiger partial charge is 0.424 e. The van der Waals surface area contributed by atoms with Crippen LogP contribution in [0, 0.1) is 5.92 Å². The third-order valence-electron chi connectivity index (χ3n) is 1.19. The zero-order valence-electron chi connectivity index (χ0n) is 6.81. The molecule has 0 aliphatic carbocycles. The summed E-state index contributed by atoms with van der Waals surface area (Å²) in [6.45, 7) is 7.66. The molecule has 0 N–H and O–H groups in total. The van der Waals surface area contributed by atoms with Crippen molar-refractivity contribution in [2.75, 3.05) is 6.61 Å². The van der Waals surface area contributed by atoms with E-state index in [2.05, 4.69) is 20.8 Å². The molecule has 1 nitrogen and oxygen atoms in total. The smallest absolute Gasteiger partial charge is 0.161 e. The lowest BCUT2D eigenvalue weighted by atomic mass is 10.2. The van der Waals surface area contributed by atoms with E-state index in [1.54, 1.807) is 0 Å². The molecule has 0 atom stereocenters. The van der Waals surface area contributed by atoms with Crippen LogP contribution in [0.1, 0.15) is 27.2 Å². The van der Waals surface area contributed by atoms with E-state index < -0.39 is 0 Å². The van der Waals surface area contributed by atoms with Crippen LogP contribution >= 0.6 is 0 Å². The minimum absolute atomic E-state index is 0.121. The first-order valence-corrected chi connectivity index (χ1v) is 5.42. The summed E-state index contributed by atoms with van der Waals surface area (Å²) >= 11 is 0. The standard InChI is InChI=1S/C7H18OSi/c1-4-9-8-6-5-7(2)3/h7H,4-6,9H2,1-3H3. The van der Waals surface area contributed by atoms with Crippen molar-refractivity contribution in [3.63, 3.8) is 0 Å². The summed E-state index contributed by atoms with van der Waals surface area (Å²) in [5.74, 6) is 0.802. The predicted octanol–water partition coefficient (Wildman–Crippen LogP) is 1.57. The highest BCUT2D eigenvalue weighted by molar-refractivity contribution is 6.26. The second kappa shape index (κ2) is 6.30. The minimum atomic E-state index is -0.121. The summed E-state index contributed by atoms with van der Waals surface area (Å²) in [6, 6.07) is 1.28. The molecule has 0 saturated heterocycles. The van der Waals surface area contributed by atoms with Crippen LogP contribution in [0.15, 0.2) is 0 Å². The van der Waals surface area contributed by atoms with Crippen LogP contribution in [-0.4, -0.2) is 16.4 Å². The van der Waals surface area contributed by atoms with Crippen LogP contribution in [0.25, 0.3) is 0 Å². The minimum Gasteiger partial charge on any atom is -0.424 e. The highest BCUT2D eigenvalue weighted by Crippen LogP contribution is 1.98. The van der Waals surface area contributed by atoms with Crippen LogP contribution in [0.5, 0.6) is 0 Å². The molecule has 0 aromatic carbocycles. The lowest BCUT2D eigenvalue weighted by Crippen LogP contribution is -2.01. The average molecular weight is 146 g/mol. The first-order valence-electron chi connectivity index (χ1n) is 3.85. The molecule has 0 bridgehead atoms. The van der Waals surface area contributed by atoms with Crippen molar-refractivity contribution in [1.29, 1.82) is 0 Å². The Balaban J connectivity index is 2.75. The Labute approximate surface area is 60.7 Å². The van der Waals surface area contributed by atoms with E-state index in [1.165, 1.54) is 12.5 Å². The zero-order chi connectivity index (χ0) is 7.11. The van der Waals surface area contributed by atoms with Gasteiger partial charge in [0.05, 0.1) is 0 Å². The van der Waals surface area contributed by atoms with Gasteiger partial charge < -0.3 is 4.43 Å². The van der Waals surface area contributed by atoms with Crippen molar-refractivity contribution < 1.29 is 4.43 Å². The second-order valence-electron chi connectivity index (χ2n) is 2.79. The molecule has 0 spiro atoms. The van der Waals surface area contributed by atoms with Gasteiger partial charge in [-0.25, -0.2) is 0 Å². The summed E-state index contributed by atoms with van der Waals surface area (Å²) < 4.78 is 5.43. The topological polar surface area (TPSA) is 9.23 Å². The van der Waals surface area contributed by atoms with Crippen molar-refractivity contribution in [3.8, 4) is 0 Å². The lowest BCUT2D eigenvalue weighted by Gasteiger charge is -2.03. The summed E-state index contributed by atoms with van der Waals surface area (Å²) in [4.78, 5) is 0. The van der Waals surface area contributed by atoms with E-state index in [1.807, 2.05) is 0 Å². The molecule has 2 heteroatoms. The predicted molar refractivity (Wildman–Crippen MR) is 44.4 cm³/mol. The van der Waals surface area contributed by atoms with E-state index in [9.17, 15) is 0 Å². The fourth-order valence-electron chi connectivity index (χ4n) is 0.565. The van der Waals surface area contributed by atoms with Gasteiger partial charge in [0.25, 0.3) is 0 Å². The van der Waals surface area contributed by atoms with Gasteiger partial charge in [-0.2, -0.15) is 0 Å². The maximum absolute atomic E-state index is 5.43. The highest BCUT2D eigenvalue weighted by Gasteiger charge is 1.91. The summed E-state index contributed by atoms with van der Waals surface area (Å²) in [5, 5.41) is 0. The van der Waals surface area contributed by atoms with Crippen molar-refractivity contribution in [3.05, 3.63) is 0 Å². The first kappa shape index (κ1) is 9.18. The zero-order valence-corrected chi connectivity index (χ0v) is 8.23. The van der Waals surface area contributed by atoms with Gasteiger partial charge >= 0.3 is 0 Å². The average Bonchev–Trinajstić information content (AvgIpc) is 1.80. The third kappa shape index (κ3) is 8.18. The Hall–Kier alpha value is 0.177. The van der Waals surface area contributed by atoms with Gasteiger partial charge in [-0.3, -0.25) is 0 Å². The Morgan fingerprint density at radius 3 is 2.56 bits per heavy atom. The highest BCUT2D eigenvalue weighted by atomic mass is 28.2. The lowest BCUT2D eigenvalue weighted by molar-refractivity contribution is 0.304. The van der Waals surface area contributed by atoms with Gasteiger partial charge in [0.15, 0.2) is 9.76 Å². The molecule has 9 heavy (non-hydrogen) atoms. The van der Waals surface area contributed by atoms with Crippen LogP contribution < -0.4 is 0 Å². The summed E-state index contributed by atoms with van der Waals surface area (Å²) in [5.41, 5.74) is 0. The van der Waals surface area contributed by atoms with Crippen molar-refractivity contribution in [2.45, 2.75) is 33.2 Å². The molecule has 0 heterocycles. The summed E-state index contributed by atoms with van der Waals surface area (Å²) in [7, 11) is -0.121. The Bertz CT molecular complexity index is 54.9. The molecule has 0 radical (unpaired) electrons. The Morgan fingerprint density at radius 2 is 2.11 bits per heavy atom. The van der Waals surface area contributed by atoms with Gasteiger partial charge in [0.2, 0.25) is 0 Å². The molecule has 0 aliphatic rings. The van der Waals surface area contributed by atoms with Gasteiger partial charge in [-0.05, 0) is 18.4 Å². The van der Waals surface area contributed by atoms with Crippen molar-refractivity contribution in [1.82, 2.24) is 0 Å². The number of rotatable bonds is 5. The first-order chi connectivity index (χ1) is 4.27. The maximum atomic E-state index is 5.43. The monoisotopic (exact) mass is 146 g/mol. The normalized spacial score (nSPS) is 12.0. The fourth-order valence-corrected chi connectivity index (χ4v) is 1.22.